The molecule has 0 fully saturated rings. The van der Waals surface area contributed by atoms with Crippen molar-refractivity contribution in [1.29, 1.82) is 0 Å². The van der Waals surface area contributed by atoms with Gasteiger partial charge in [-0.25, -0.2) is 4.79 Å². The van der Waals surface area contributed by atoms with Gasteiger partial charge in [-0.3, -0.25) is 4.79 Å². The van der Waals surface area contributed by atoms with Crippen molar-refractivity contribution in [3.8, 4) is 5.75 Å². The number of hydrogen-bond donors (Lipinski definition) is 0. The van der Waals surface area contributed by atoms with E-state index in [1.807, 2.05) is 0 Å². The number of carbonyl (C=O) groups excluding carboxylic acids is 2. The van der Waals surface area contributed by atoms with Gasteiger partial charge in [-0.1, -0.05) is 11.6 Å². The Morgan fingerprint density at radius 2 is 2.14 bits per heavy atom. The Bertz CT molecular complexity index is 414. The molecule has 0 aromatic heterocycles. The number of aldehydes is 1. The maximum atomic E-state index is 11.2. The monoisotopic (exact) mass is 212 g/mol. The number of halogens is 1. The van der Waals surface area contributed by atoms with E-state index in [0.717, 1.165) is 0 Å². The number of rotatable bonds is 1. The van der Waals surface area contributed by atoms with E-state index in [4.69, 9.17) is 16.3 Å². The molecule has 0 N–H and O–H groups in total. The van der Waals surface area contributed by atoms with Gasteiger partial charge in [0.2, 0.25) is 6.79 Å². The predicted molar refractivity (Wildman–Crippen MR) is 47.8 cm³/mol. The van der Waals surface area contributed by atoms with Crippen molar-refractivity contribution in [2.24, 2.45) is 0 Å². The number of cyclic esters (lactones) is 1. The molecule has 0 saturated heterocycles. The van der Waals surface area contributed by atoms with E-state index >= 15 is 0 Å². The van der Waals surface area contributed by atoms with Crippen LogP contribution in [0.25, 0.3) is 0 Å². The maximum absolute atomic E-state index is 11.2. The first-order chi connectivity index (χ1) is 6.72. The van der Waals surface area contributed by atoms with Crippen molar-refractivity contribution in [3.63, 3.8) is 0 Å². The van der Waals surface area contributed by atoms with Gasteiger partial charge in [0.05, 0.1) is 5.56 Å². The van der Waals surface area contributed by atoms with Crippen LogP contribution in [-0.4, -0.2) is 19.0 Å². The van der Waals surface area contributed by atoms with Gasteiger partial charge in [0.15, 0.2) is 6.29 Å². The second kappa shape index (κ2) is 3.31. The molecule has 0 aliphatic carbocycles. The van der Waals surface area contributed by atoms with E-state index in [1.165, 1.54) is 12.1 Å². The highest BCUT2D eigenvalue weighted by Crippen LogP contribution is 2.30. The topological polar surface area (TPSA) is 52.6 Å². The van der Waals surface area contributed by atoms with Gasteiger partial charge in [-0.05, 0) is 12.1 Å². The number of fused-ring (bicyclic) bond motifs is 1. The molecular weight excluding hydrogens is 208 g/mol. The lowest BCUT2D eigenvalue weighted by molar-refractivity contribution is 0.00474. The second-order valence-electron chi connectivity index (χ2n) is 2.68. The van der Waals surface area contributed by atoms with Crippen LogP contribution in [0.2, 0.25) is 5.02 Å². The van der Waals surface area contributed by atoms with Crippen molar-refractivity contribution in [3.05, 3.63) is 28.3 Å². The summed E-state index contributed by atoms with van der Waals surface area (Å²) in [6.45, 7) is -0.172. The number of ether oxygens (including phenoxy) is 2. The number of hydrogen-bond acceptors (Lipinski definition) is 4. The normalized spacial score (nSPS) is 13.9. The Balaban J connectivity index is 2.66. The molecule has 0 radical (unpaired) electrons. The summed E-state index contributed by atoms with van der Waals surface area (Å²) in [6, 6.07) is 2.84. The molecule has 1 aromatic rings. The molecule has 0 atom stereocenters. The first-order valence-corrected chi connectivity index (χ1v) is 4.19. The average molecular weight is 213 g/mol. The molecular formula is C9H5ClO4. The summed E-state index contributed by atoms with van der Waals surface area (Å²) >= 11 is 5.70. The summed E-state index contributed by atoms with van der Waals surface area (Å²) in [4.78, 5) is 21.9. The van der Waals surface area contributed by atoms with Crippen molar-refractivity contribution < 1.29 is 19.1 Å². The van der Waals surface area contributed by atoms with E-state index in [9.17, 15) is 9.59 Å². The Labute approximate surface area is 84.4 Å². The third-order valence-corrected chi connectivity index (χ3v) is 2.04. The van der Waals surface area contributed by atoms with Gasteiger partial charge in [0.25, 0.3) is 0 Å². The predicted octanol–water partition coefficient (Wildman–Crippen LogP) is 1.66. The van der Waals surface area contributed by atoms with Gasteiger partial charge in [-0.2, -0.15) is 0 Å². The standard InChI is InChI=1S/C9H5ClO4/c10-6-1-5(3-11)8-7(2-6)9(12)14-4-13-8/h1-3H,4H2. The van der Waals surface area contributed by atoms with Crippen molar-refractivity contribution in [1.82, 2.24) is 0 Å². The van der Waals surface area contributed by atoms with Crippen molar-refractivity contribution >= 4 is 23.9 Å². The fourth-order valence-corrected chi connectivity index (χ4v) is 1.46. The summed E-state index contributed by atoms with van der Waals surface area (Å²) in [7, 11) is 0. The molecule has 14 heavy (non-hydrogen) atoms. The van der Waals surface area contributed by atoms with Crippen molar-refractivity contribution in [2.45, 2.75) is 0 Å². The third kappa shape index (κ3) is 1.33. The number of benzene rings is 1. The fourth-order valence-electron chi connectivity index (χ4n) is 1.23. The van der Waals surface area contributed by atoms with Crippen LogP contribution in [0.3, 0.4) is 0 Å². The zero-order valence-corrected chi connectivity index (χ0v) is 7.71. The van der Waals surface area contributed by atoms with Gasteiger partial charge in [0, 0.05) is 5.02 Å². The fraction of sp³-hybridized carbons (Fsp3) is 0.111. The van der Waals surface area contributed by atoms with E-state index < -0.39 is 5.97 Å². The largest absolute Gasteiger partial charge is 0.456 e. The van der Waals surface area contributed by atoms with E-state index in [2.05, 4.69) is 4.74 Å². The lowest BCUT2D eigenvalue weighted by atomic mass is 10.1. The molecule has 0 spiro atoms. The zero-order valence-electron chi connectivity index (χ0n) is 6.95. The lowest BCUT2D eigenvalue weighted by Gasteiger charge is -2.18. The minimum Gasteiger partial charge on any atom is -0.456 e. The highest BCUT2D eigenvalue weighted by molar-refractivity contribution is 6.31. The number of esters is 1. The first kappa shape index (κ1) is 9.02. The highest BCUT2D eigenvalue weighted by Gasteiger charge is 2.23. The Kier molecular flexibility index (Phi) is 2.13. The molecule has 5 heteroatoms. The molecule has 0 amide bonds. The van der Waals surface area contributed by atoms with Gasteiger partial charge < -0.3 is 9.47 Å². The highest BCUT2D eigenvalue weighted by atomic mass is 35.5. The third-order valence-electron chi connectivity index (χ3n) is 1.82. The van der Waals surface area contributed by atoms with Crippen LogP contribution < -0.4 is 4.74 Å². The summed E-state index contributed by atoms with van der Waals surface area (Å²) in [5.74, 6) is -0.294. The summed E-state index contributed by atoms with van der Waals surface area (Å²) < 4.78 is 9.66. The molecule has 0 saturated carbocycles. The van der Waals surface area contributed by atoms with Gasteiger partial charge >= 0.3 is 5.97 Å². The van der Waals surface area contributed by atoms with Crippen LogP contribution in [-0.2, 0) is 4.74 Å². The summed E-state index contributed by atoms with van der Waals surface area (Å²) in [5.41, 5.74) is 0.440. The molecule has 2 rings (SSSR count). The van der Waals surface area contributed by atoms with E-state index in [1.54, 1.807) is 0 Å². The number of carbonyl (C=O) groups is 2. The molecule has 1 aliphatic rings. The van der Waals surface area contributed by atoms with Crippen LogP contribution >= 0.6 is 11.6 Å². The van der Waals surface area contributed by atoms with Crippen LogP contribution in [0.4, 0.5) is 0 Å². The lowest BCUT2D eigenvalue weighted by Crippen LogP contribution is -2.19. The Morgan fingerprint density at radius 3 is 2.86 bits per heavy atom. The van der Waals surface area contributed by atoms with Crippen LogP contribution in [0.15, 0.2) is 12.1 Å². The molecule has 1 aromatic carbocycles. The van der Waals surface area contributed by atoms with Crippen LogP contribution in [0, 0.1) is 0 Å². The maximum Gasteiger partial charge on any atom is 0.344 e. The Hall–Kier alpha value is -1.55. The first-order valence-electron chi connectivity index (χ1n) is 3.81. The van der Waals surface area contributed by atoms with Crippen molar-refractivity contribution in [2.75, 3.05) is 6.79 Å². The van der Waals surface area contributed by atoms with Crippen LogP contribution in [0.1, 0.15) is 20.7 Å². The SMILES string of the molecule is O=Cc1cc(Cl)cc2c1OCOC2=O. The zero-order chi connectivity index (χ0) is 10.1. The molecule has 72 valence electrons. The second-order valence-corrected chi connectivity index (χ2v) is 3.12. The average Bonchev–Trinajstić information content (AvgIpc) is 2.18. The van der Waals surface area contributed by atoms with E-state index in [0.29, 0.717) is 11.3 Å². The summed E-state index contributed by atoms with van der Waals surface area (Å²) in [6.07, 6.45) is 0.587. The quantitative estimate of drug-likeness (QED) is 0.525. The molecule has 1 heterocycles. The summed E-state index contributed by atoms with van der Waals surface area (Å²) in [5, 5.41) is 0.299. The molecule has 1 aliphatic heterocycles. The molecule has 4 nitrogen and oxygen atoms in total. The minimum atomic E-state index is -0.531. The smallest absolute Gasteiger partial charge is 0.344 e. The van der Waals surface area contributed by atoms with Gasteiger partial charge in [-0.15, -0.1) is 0 Å². The van der Waals surface area contributed by atoms with E-state index in [-0.39, 0.29) is 23.7 Å². The minimum absolute atomic E-state index is 0.172. The molecule has 0 bridgehead atoms. The van der Waals surface area contributed by atoms with Gasteiger partial charge in [0.1, 0.15) is 11.3 Å². The molecule has 0 unspecified atom stereocenters. The Morgan fingerprint density at radius 1 is 1.36 bits per heavy atom. The van der Waals surface area contributed by atoms with Crippen LogP contribution in [0.5, 0.6) is 5.75 Å².